The van der Waals surface area contributed by atoms with Gasteiger partial charge in [-0.2, -0.15) is 0 Å². The number of carbonyl (C=O) groups is 1. The molecule has 0 heterocycles. The van der Waals surface area contributed by atoms with Gasteiger partial charge in [0.15, 0.2) is 0 Å². The molecule has 0 amide bonds. The Morgan fingerprint density at radius 3 is 2.65 bits per heavy atom. The van der Waals surface area contributed by atoms with E-state index in [1.165, 1.54) is 24.3 Å². The molecule has 0 atom stereocenters. The molecule has 0 aliphatic carbocycles. The molecule has 0 aliphatic rings. The van der Waals surface area contributed by atoms with E-state index in [4.69, 9.17) is 5.53 Å². The second kappa shape index (κ2) is 5.78. The van der Waals surface area contributed by atoms with Gasteiger partial charge in [0.05, 0.1) is 0 Å². The summed E-state index contributed by atoms with van der Waals surface area (Å²) in [5.74, 6) is -1.47. The topological polar surface area (TPSA) is 75.1 Å². The van der Waals surface area contributed by atoms with Gasteiger partial charge in [-0.05, 0) is 0 Å². The van der Waals surface area contributed by atoms with Crippen LogP contribution in [0.15, 0.2) is 27.6 Å². The third-order valence-corrected chi connectivity index (χ3v) is 3.37. The van der Waals surface area contributed by atoms with Gasteiger partial charge in [0, 0.05) is 0 Å². The Balaban J connectivity index is 2.96. The van der Waals surface area contributed by atoms with E-state index < -0.39 is 34.6 Å². The average Bonchev–Trinajstić information content (AvgIpc) is 2.24. The number of benzene rings is 1. The first-order chi connectivity index (χ1) is 7.94. The number of carbonyl (C=O) groups excluding carboxylic acids is 1. The monoisotopic (exact) mass is 357 g/mol. The van der Waals surface area contributed by atoms with Crippen LogP contribution in [0.5, 0.6) is 0 Å². The van der Waals surface area contributed by atoms with Crippen molar-refractivity contribution in [1.29, 1.82) is 0 Å². The molecule has 17 heavy (non-hydrogen) atoms. The summed E-state index contributed by atoms with van der Waals surface area (Å²) in [5, 5.41) is 0. The van der Waals surface area contributed by atoms with Crippen LogP contribution in [0.25, 0.3) is 10.4 Å². The summed E-state index contributed by atoms with van der Waals surface area (Å²) in [6.45, 7) is 0. The van der Waals surface area contributed by atoms with E-state index in [0.29, 0.717) is 0 Å². The standard InChI is InChI=1S/C7H4BF3IN3O2/c9-8(10,11)17-7(16)5-3-1-2-4-6(5)12-14-15-13/h1-4H/q-2. The fourth-order valence-electron chi connectivity index (χ4n) is 0.943. The molecule has 0 radical (unpaired) electrons. The summed E-state index contributed by atoms with van der Waals surface area (Å²) >= 11 is -1.22. The Morgan fingerprint density at radius 2 is 2.06 bits per heavy atom. The minimum absolute atomic E-state index is 0.216. The Kier molecular flexibility index (Phi) is 4.64. The van der Waals surface area contributed by atoms with Crippen molar-refractivity contribution in [3.8, 4) is 0 Å². The van der Waals surface area contributed by atoms with Crippen LogP contribution < -0.4 is 21.5 Å². The van der Waals surface area contributed by atoms with Crippen LogP contribution in [0.1, 0.15) is 10.4 Å². The molecule has 92 valence electrons. The number of rotatable bonds is 4. The predicted octanol–water partition coefficient (Wildman–Crippen LogP) is -0.329. The van der Waals surface area contributed by atoms with Crippen LogP contribution in [0.4, 0.5) is 12.9 Å². The van der Waals surface area contributed by atoms with Gasteiger partial charge >= 0.3 is 104 Å². The van der Waals surface area contributed by atoms with E-state index in [2.05, 4.69) is 12.9 Å². The Hall–Kier alpha value is -1.42. The fraction of sp³-hybridized carbons (Fsp3) is 0. The third kappa shape index (κ3) is 4.53. The van der Waals surface area contributed by atoms with Crippen LogP contribution in [0.2, 0.25) is 0 Å². The maximum absolute atomic E-state index is 11.9. The van der Waals surface area contributed by atoms with Crippen molar-refractivity contribution in [3.05, 3.63) is 43.8 Å². The molecule has 1 rings (SSSR count). The summed E-state index contributed by atoms with van der Waals surface area (Å²) in [7, 11) is -5.64. The molecule has 10 heteroatoms. The van der Waals surface area contributed by atoms with E-state index in [9.17, 15) is 17.7 Å². The first-order valence-corrected chi connectivity index (χ1v) is 6.18. The van der Waals surface area contributed by atoms with Crippen molar-refractivity contribution in [2.24, 2.45) is 3.33 Å². The number of halogens is 4. The summed E-state index contributed by atoms with van der Waals surface area (Å²) in [4.78, 5) is 13.7. The molecular weight excluding hydrogens is 353 g/mol. The first-order valence-electron chi connectivity index (χ1n) is 4.13. The molecule has 1 aromatic rings. The third-order valence-electron chi connectivity index (χ3n) is 1.50. The molecule has 0 saturated heterocycles. The van der Waals surface area contributed by atoms with Gasteiger partial charge in [-0.3, -0.25) is 0 Å². The first kappa shape index (κ1) is 13.6. The van der Waals surface area contributed by atoms with Crippen LogP contribution in [0.3, 0.4) is 0 Å². The van der Waals surface area contributed by atoms with Gasteiger partial charge in [0.25, 0.3) is 0 Å². The average molecular weight is 357 g/mol. The maximum atomic E-state index is 11.9. The van der Waals surface area contributed by atoms with Crippen LogP contribution in [-0.2, 0) is 4.65 Å². The molecule has 0 aliphatic heterocycles. The van der Waals surface area contributed by atoms with Crippen molar-refractivity contribution in [2.75, 3.05) is 0 Å². The van der Waals surface area contributed by atoms with Gasteiger partial charge in [0.1, 0.15) is 0 Å². The zero-order chi connectivity index (χ0) is 12.9. The summed E-state index contributed by atoms with van der Waals surface area (Å²) in [5.41, 5.74) is 7.92. The Morgan fingerprint density at radius 1 is 1.41 bits per heavy atom. The van der Waals surface area contributed by atoms with Crippen molar-refractivity contribution < 1.29 is 43.9 Å². The van der Waals surface area contributed by atoms with Crippen molar-refractivity contribution in [2.45, 2.75) is 0 Å². The van der Waals surface area contributed by atoms with E-state index >= 15 is 0 Å². The zero-order valence-electron chi connectivity index (χ0n) is 8.06. The molecule has 0 N–H and O–H groups in total. The summed E-state index contributed by atoms with van der Waals surface area (Å²) < 4.78 is 42.7. The van der Waals surface area contributed by atoms with Crippen LogP contribution in [0, 0.1) is 3.57 Å². The summed E-state index contributed by atoms with van der Waals surface area (Å²) in [6.07, 6.45) is 0. The molecule has 1 aromatic carbocycles. The predicted molar refractivity (Wildman–Crippen MR) is 48.8 cm³/mol. The van der Waals surface area contributed by atoms with Crippen molar-refractivity contribution >= 4 is 13.1 Å². The SMILES string of the molecule is [N-]=[N+]=N[I-]c1ccccc1C(=O)O[B-](F)(F)F. The molecule has 0 saturated carbocycles. The minimum atomic E-state index is -5.64. The van der Waals surface area contributed by atoms with E-state index in [1.54, 1.807) is 0 Å². The van der Waals surface area contributed by atoms with Crippen molar-refractivity contribution in [1.82, 2.24) is 0 Å². The van der Waals surface area contributed by atoms with Gasteiger partial charge in [-0.1, -0.05) is 0 Å². The second-order valence-electron chi connectivity index (χ2n) is 2.65. The number of hydrogen-bond acceptors (Lipinski definition) is 3. The van der Waals surface area contributed by atoms with E-state index in [1.807, 2.05) is 0 Å². The molecule has 5 nitrogen and oxygen atoms in total. The molecule has 0 aromatic heterocycles. The number of nitrogens with zero attached hydrogens (tertiary/aromatic N) is 3. The van der Waals surface area contributed by atoms with Gasteiger partial charge in [-0.25, -0.2) is 0 Å². The number of azide groups is 1. The van der Waals surface area contributed by atoms with Gasteiger partial charge < -0.3 is 0 Å². The van der Waals surface area contributed by atoms with Gasteiger partial charge in [-0.15, -0.1) is 0 Å². The normalized spacial score (nSPS) is 10.8. The zero-order valence-corrected chi connectivity index (χ0v) is 10.2. The Labute approximate surface area is 104 Å². The molecule has 0 unspecified atom stereocenters. The van der Waals surface area contributed by atoms with Crippen LogP contribution >= 0.6 is 0 Å². The fourth-order valence-corrected chi connectivity index (χ4v) is 2.30. The summed E-state index contributed by atoms with van der Waals surface area (Å²) in [6, 6.07) is 5.58. The Bertz CT molecular complexity index is 476. The quantitative estimate of drug-likeness (QED) is 0.243. The molecule has 0 bridgehead atoms. The molecular formula is C7H4BF3IN3O2-2. The molecule has 0 fully saturated rings. The second-order valence-corrected chi connectivity index (χ2v) is 4.73. The number of hydrogen-bond donors (Lipinski definition) is 0. The van der Waals surface area contributed by atoms with Crippen LogP contribution in [-0.4, -0.2) is 13.1 Å². The van der Waals surface area contributed by atoms with E-state index in [-0.39, 0.29) is 9.13 Å². The van der Waals surface area contributed by atoms with Gasteiger partial charge in [0.2, 0.25) is 0 Å². The van der Waals surface area contributed by atoms with Crippen molar-refractivity contribution in [3.63, 3.8) is 0 Å². The van der Waals surface area contributed by atoms with E-state index in [0.717, 1.165) is 0 Å². The molecule has 0 spiro atoms.